The van der Waals surface area contributed by atoms with Crippen molar-refractivity contribution in [1.29, 1.82) is 0 Å². The van der Waals surface area contributed by atoms with Gasteiger partial charge in [0, 0.05) is 49.3 Å². The molecule has 0 aliphatic heterocycles. The summed E-state index contributed by atoms with van der Waals surface area (Å²) in [7, 11) is 4.01. The topological polar surface area (TPSA) is 90.4 Å². The van der Waals surface area contributed by atoms with Gasteiger partial charge < -0.3 is 24.9 Å². The first kappa shape index (κ1) is 21.2. The molecule has 4 aromatic rings. The van der Waals surface area contributed by atoms with E-state index in [1.807, 2.05) is 43.4 Å². The fraction of sp³-hybridized carbons (Fsp3) is 0.200. The molecule has 0 bridgehead atoms. The van der Waals surface area contributed by atoms with Gasteiger partial charge in [-0.1, -0.05) is 30.3 Å². The lowest BCUT2D eigenvalue weighted by molar-refractivity contribution is -0.120. The molecule has 2 amide bonds. The van der Waals surface area contributed by atoms with Crippen molar-refractivity contribution in [3.05, 3.63) is 90.0 Å². The van der Waals surface area contributed by atoms with E-state index in [1.165, 1.54) is 6.26 Å². The largest absolute Gasteiger partial charge is 0.459 e. The van der Waals surface area contributed by atoms with Crippen molar-refractivity contribution in [3.63, 3.8) is 0 Å². The lowest BCUT2D eigenvalue weighted by Gasteiger charge is -2.20. The predicted octanol–water partition coefficient (Wildman–Crippen LogP) is 3.51. The summed E-state index contributed by atoms with van der Waals surface area (Å²) >= 11 is 0. The Morgan fingerprint density at radius 3 is 2.50 bits per heavy atom. The lowest BCUT2D eigenvalue weighted by atomic mass is 9.90. The molecule has 164 valence electrons. The number of furan rings is 1. The molecule has 3 N–H and O–H groups in total. The van der Waals surface area contributed by atoms with Crippen molar-refractivity contribution in [2.75, 3.05) is 32.1 Å². The molecule has 2 heterocycles. The molecule has 32 heavy (non-hydrogen) atoms. The van der Waals surface area contributed by atoms with Crippen molar-refractivity contribution < 1.29 is 14.0 Å². The Balaban J connectivity index is 1.50. The van der Waals surface area contributed by atoms with Gasteiger partial charge in [0.25, 0.3) is 5.91 Å². The number of hydrogen-bond acceptors (Lipinski definition) is 4. The molecule has 0 unspecified atom stereocenters. The van der Waals surface area contributed by atoms with Crippen LogP contribution >= 0.6 is 0 Å². The number of aromatic amines is 1. The van der Waals surface area contributed by atoms with Crippen LogP contribution in [0.4, 0.5) is 5.69 Å². The van der Waals surface area contributed by atoms with Crippen LogP contribution in [-0.2, 0) is 4.79 Å². The van der Waals surface area contributed by atoms with E-state index in [9.17, 15) is 9.59 Å². The smallest absolute Gasteiger partial charge is 0.287 e. The fourth-order valence-corrected chi connectivity index (χ4v) is 3.73. The molecule has 0 fully saturated rings. The number of hydrogen-bond donors (Lipinski definition) is 3. The molecule has 2 aromatic carbocycles. The Morgan fingerprint density at radius 2 is 1.78 bits per heavy atom. The zero-order valence-corrected chi connectivity index (χ0v) is 18.1. The number of carbonyl (C=O) groups is 2. The number of nitrogens with zero attached hydrogens (tertiary/aromatic N) is 1. The first-order valence-corrected chi connectivity index (χ1v) is 10.4. The van der Waals surface area contributed by atoms with Crippen LogP contribution in [0.15, 0.2) is 77.5 Å². The van der Waals surface area contributed by atoms with E-state index in [0.29, 0.717) is 6.54 Å². The number of nitrogens with one attached hydrogen (secondary N) is 3. The molecule has 0 spiro atoms. The summed E-state index contributed by atoms with van der Waals surface area (Å²) in [6.07, 6.45) is 3.42. The van der Waals surface area contributed by atoms with Gasteiger partial charge in [-0.3, -0.25) is 9.59 Å². The van der Waals surface area contributed by atoms with E-state index < -0.39 is 5.91 Å². The Morgan fingerprint density at radius 1 is 1.00 bits per heavy atom. The summed E-state index contributed by atoms with van der Waals surface area (Å²) in [5.74, 6) is -0.556. The molecule has 0 aliphatic carbocycles. The SMILES string of the molecule is CN(C)c1ccc([C@@H](CNC(=O)CNC(=O)c2ccco2)c2c[nH]c3ccccc23)cc1. The highest BCUT2D eigenvalue weighted by Crippen LogP contribution is 2.31. The first-order valence-electron chi connectivity index (χ1n) is 10.4. The van der Waals surface area contributed by atoms with Crippen LogP contribution in [0.25, 0.3) is 10.9 Å². The van der Waals surface area contributed by atoms with Crippen LogP contribution in [0, 0.1) is 0 Å². The number of H-pyrrole nitrogens is 1. The third-order valence-corrected chi connectivity index (χ3v) is 5.47. The third-order valence-electron chi connectivity index (χ3n) is 5.47. The van der Waals surface area contributed by atoms with Crippen LogP contribution in [0.1, 0.15) is 27.6 Å². The standard InChI is InChI=1S/C25H26N4O3/c1-29(2)18-11-9-17(10-12-18)20(21-15-26-22-7-4-3-6-19(21)22)14-27-24(30)16-28-25(31)23-8-5-13-32-23/h3-13,15,20,26H,14,16H2,1-2H3,(H,27,30)(H,28,31)/t20-/m1/s1. The number of aromatic nitrogens is 1. The van der Waals surface area contributed by atoms with Gasteiger partial charge in [0.1, 0.15) is 0 Å². The molecule has 0 aliphatic rings. The quantitative estimate of drug-likeness (QED) is 0.399. The Kier molecular flexibility index (Phi) is 6.26. The van der Waals surface area contributed by atoms with Gasteiger partial charge >= 0.3 is 0 Å². The maximum absolute atomic E-state index is 12.5. The molecule has 2 aromatic heterocycles. The van der Waals surface area contributed by atoms with E-state index in [0.717, 1.165) is 27.7 Å². The van der Waals surface area contributed by atoms with E-state index in [4.69, 9.17) is 4.42 Å². The van der Waals surface area contributed by atoms with Gasteiger partial charge in [-0.15, -0.1) is 0 Å². The Hall–Kier alpha value is -4.00. The van der Waals surface area contributed by atoms with E-state index >= 15 is 0 Å². The summed E-state index contributed by atoms with van der Waals surface area (Å²) in [4.78, 5) is 29.8. The first-order chi connectivity index (χ1) is 15.5. The summed E-state index contributed by atoms with van der Waals surface area (Å²) < 4.78 is 5.05. The summed E-state index contributed by atoms with van der Waals surface area (Å²) in [5.41, 5.74) is 4.36. The molecule has 0 saturated carbocycles. The number of benzene rings is 2. The molecular formula is C25H26N4O3. The molecule has 1 atom stereocenters. The van der Waals surface area contributed by atoms with E-state index in [2.05, 4.69) is 45.9 Å². The second-order valence-corrected chi connectivity index (χ2v) is 7.79. The maximum Gasteiger partial charge on any atom is 0.287 e. The zero-order valence-electron chi connectivity index (χ0n) is 18.1. The average Bonchev–Trinajstić information content (AvgIpc) is 3.49. The molecule has 0 radical (unpaired) electrons. The van der Waals surface area contributed by atoms with Gasteiger partial charge in [-0.05, 0) is 41.5 Å². The highest BCUT2D eigenvalue weighted by molar-refractivity contribution is 5.94. The molecular weight excluding hydrogens is 404 g/mol. The monoisotopic (exact) mass is 430 g/mol. The summed E-state index contributed by atoms with van der Waals surface area (Å²) in [6.45, 7) is 0.276. The van der Waals surface area contributed by atoms with Crippen LogP contribution in [0.2, 0.25) is 0 Å². The number of para-hydroxylation sites is 1. The van der Waals surface area contributed by atoms with Crippen LogP contribution < -0.4 is 15.5 Å². The lowest BCUT2D eigenvalue weighted by Crippen LogP contribution is -2.38. The second kappa shape index (κ2) is 9.43. The number of rotatable bonds is 8. The number of anilines is 1. The van der Waals surface area contributed by atoms with Crippen LogP contribution in [0.3, 0.4) is 0 Å². The van der Waals surface area contributed by atoms with Crippen molar-refractivity contribution in [3.8, 4) is 0 Å². The van der Waals surface area contributed by atoms with E-state index in [1.54, 1.807) is 12.1 Å². The minimum absolute atomic E-state index is 0.0490. The van der Waals surface area contributed by atoms with E-state index in [-0.39, 0.29) is 24.1 Å². The van der Waals surface area contributed by atoms with Gasteiger partial charge in [-0.2, -0.15) is 0 Å². The zero-order chi connectivity index (χ0) is 22.5. The van der Waals surface area contributed by atoms with Crippen molar-refractivity contribution in [1.82, 2.24) is 15.6 Å². The average molecular weight is 431 g/mol. The normalized spacial score (nSPS) is 11.8. The third kappa shape index (κ3) is 4.67. The van der Waals surface area contributed by atoms with Gasteiger partial charge in [0.2, 0.25) is 5.91 Å². The maximum atomic E-state index is 12.5. The second-order valence-electron chi connectivity index (χ2n) is 7.79. The summed E-state index contributed by atoms with van der Waals surface area (Å²) in [5, 5.41) is 6.66. The van der Waals surface area contributed by atoms with Crippen LogP contribution in [-0.4, -0.2) is 44.0 Å². The summed E-state index contributed by atoms with van der Waals surface area (Å²) in [6, 6.07) is 19.6. The highest BCUT2D eigenvalue weighted by atomic mass is 16.3. The van der Waals surface area contributed by atoms with Gasteiger partial charge in [-0.25, -0.2) is 0 Å². The number of amides is 2. The minimum atomic E-state index is -0.419. The van der Waals surface area contributed by atoms with Gasteiger partial charge in [0.05, 0.1) is 12.8 Å². The van der Waals surface area contributed by atoms with Gasteiger partial charge in [0.15, 0.2) is 5.76 Å². The van der Waals surface area contributed by atoms with Crippen molar-refractivity contribution in [2.24, 2.45) is 0 Å². The number of fused-ring (bicyclic) bond motifs is 1. The fourth-order valence-electron chi connectivity index (χ4n) is 3.73. The molecule has 7 nitrogen and oxygen atoms in total. The Labute approximate surface area is 186 Å². The predicted molar refractivity (Wildman–Crippen MR) is 125 cm³/mol. The van der Waals surface area contributed by atoms with Crippen molar-refractivity contribution >= 4 is 28.4 Å². The molecule has 0 saturated heterocycles. The molecule has 4 rings (SSSR count). The minimum Gasteiger partial charge on any atom is -0.459 e. The highest BCUT2D eigenvalue weighted by Gasteiger charge is 2.20. The molecule has 7 heteroatoms. The Bertz CT molecular complexity index is 1190. The van der Waals surface area contributed by atoms with Crippen molar-refractivity contribution in [2.45, 2.75) is 5.92 Å². The van der Waals surface area contributed by atoms with Crippen LogP contribution in [0.5, 0.6) is 0 Å². The number of carbonyl (C=O) groups excluding carboxylic acids is 2.